The molecular formula is C14H21NO5S. The van der Waals surface area contributed by atoms with Crippen molar-refractivity contribution in [2.75, 3.05) is 6.61 Å². The molecule has 0 unspecified atom stereocenters. The van der Waals surface area contributed by atoms with Gasteiger partial charge in [-0.05, 0) is 24.6 Å². The third-order valence-corrected chi connectivity index (χ3v) is 3.93. The molecule has 0 fully saturated rings. The van der Waals surface area contributed by atoms with Crippen molar-refractivity contribution in [3.8, 4) is 5.75 Å². The minimum absolute atomic E-state index is 0.158. The maximum atomic E-state index is 11.2. The van der Waals surface area contributed by atoms with Crippen molar-refractivity contribution in [1.82, 2.24) is 0 Å². The minimum Gasteiger partial charge on any atom is -0.493 e. The standard InChI is InChI=1S/C14H21NO5S/c1-2-3-4-5-6-9-20-13-8-7-11(21(15,18)19)10-12(13)14(16)17/h7-8,10H,2-6,9H2,1H3,(H,16,17)(H2,15,18,19). The Morgan fingerprint density at radius 2 is 1.90 bits per heavy atom. The lowest BCUT2D eigenvalue weighted by atomic mass is 10.1. The smallest absolute Gasteiger partial charge is 0.339 e. The molecule has 0 amide bonds. The molecule has 0 bridgehead atoms. The Balaban J connectivity index is 2.72. The first kappa shape index (κ1) is 17.5. The molecule has 0 spiro atoms. The first-order chi connectivity index (χ1) is 9.86. The molecule has 6 nitrogen and oxygen atoms in total. The van der Waals surface area contributed by atoms with E-state index in [-0.39, 0.29) is 16.2 Å². The van der Waals surface area contributed by atoms with Crippen LogP contribution in [0.15, 0.2) is 23.1 Å². The first-order valence-electron chi connectivity index (χ1n) is 6.89. The van der Waals surface area contributed by atoms with Crippen LogP contribution in [0.4, 0.5) is 0 Å². The predicted octanol–water partition coefficient (Wildman–Crippen LogP) is 2.38. The number of ether oxygens (including phenoxy) is 1. The van der Waals surface area contributed by atoms with Crippen molar-refractivity contribution in [2.24, 2.45) is 5.14 Å². The third kappa shape index (κ3) is 5.73. The van der Waals surface area contributed by atoms with Crippen LogP contribution in [-0.2, 0) is 10.0 Å². The monoisotopic (exact) mass is 315 g/mol. The van der Waals surface area contributed by atoms with Crippen LogP contribution in [0.1, 0.15) is 49.4 Å². The molecule has 0 saturated carbocycles. The van der Waals surface area contributed by atoms with Gasteiger partial charge < -0.3 is 9.84 Å². The second-order valence-corrected chi connectivity index (χ2v) is 6.33. The highest BCUT2D eigenvalue weighted by Gasteiger charge is 2.16. The minimum atomic E-state index is -3.93. The van der Waals surface area contributed by atoms with E-state index in [4.69, 9.17) is 15.0 Å². The van der Waals surface area contributed by atoms with E-state index >= 15 is 0 Å². The maximum absolute atomic E-state index is 11.2. The maximum Gasteiger partial charge on any atom is 0.339 e. The van der Waals surface area contributed by atoms with Crippen LogP contribution in [0.25, 0.3) is 0 Å². The molecule has 1 rings (SSSR count). The highest BCUT2D eigenvalue weighted by molar-refractivity contribution is 7.89. The molecule has 118 valence electrons. The fourth-order valence-corrected chi connectivity index (χ4v) is 2.41. The van der Waals surface area contributed by atoms with Crippen molar-refractivity contribution in [3.63, 3.8) is 0 Å². The number of sulfonamides is 1. The number of carbonyl (C=O) groups is 1. The average molecular weight is 315 g/mol. The van der Waals surface area contributed by atoms with Crippen molar-refractivity contribution < 1.29 is 23.1 Å². The van der Waals surface area contributed by atoms with Gasteiger partial charge in [-0.3, -0.25) is 0 Å². The van der Waals surface area contributed by atoms with Gasteiger partial charge in [0.25, 0.3) is 0 Å². The quantitative estimate of drug-likeness (QED) is 0.680. The number of nitrogens with two attached hydrogens (primary N) is 1. The zero-order chi connectivity index (χ0) is 15.9. The molecule has 0 heterocycles. The van der Waals surface area contributed by atoms with Gasteiger partial charge >= 0.3 is 5.97 Å². The molecule has 0 radical (unpaired) electrons. The number of unbranched alkanes of at least 4 members (excludes halogenated alkanes) is 4. The lowest BCUT2D eigenvalue weighted by molar-refractivity contribution is 0.0692. The third-order valence-electron chi connectivity index (χ3n) is 3.02. The van der Waals surface area contributed by atoms with Gasteiger partial charge in [0.15, 0.2) is 0 Å². The van der Waals surface area contributed by atoms with E-state index in [0.29, 0.717) is 6.61 Å². The second-order valence-electron chi connectivity index (χ2n) is 4.77. The van der Waals surface area contributed by atoms with Gasteiger partial charge in [-0.1, -0.05) is 32.6 Å². The van der Waals surface area contributed by atoms with Gasteiger partial charge in [0.2, 0.25) is 10.0 Å². The van der Waals surface area contributed by atoms with E-state index in [0.717, 1.165) is 31.7 Å². The average Bonchev–Trinajstić information content (AvgIpc) is 2.41. The molecule has 3 N–H and O–H groups in total. The Bertz CT molecular complexity index is 583. The summed E-state index contributed by atoms with van der Waals surface area (Å²) in [5.74, 6) is -1.09. The van der Waals surface area contributed by atoms with E-state index in [1.165, 1.54) is 18.6 Å². The number of carboxylic acids is 1. The largest absolute Gasteiger partial charge is 0.493 e. The highest BCUT2D eigenvalue weighted by Crippen LogP contribution is 2.22. The fourth-order valence-electron chi connectivity index (χ4n) is 1.87. The molecule has 0 aliphatic heterocycles. The summed E-state index contributed by atoms with van der Waals surface area (Å²) in [5, 5.41) is 14.1. The molecule has 1 aromatic carbocycles. The van der Waals surface area contributed by atoms with Crippen LogP contribution >= 0.6 is 0 Å². The Hall–Kier alpha value is -1.60. The zero-order valence-corrected chi connectivity index (χ0v) is 12.9. The summed E-state index contributed by atoms with van der Waals surface area (Å²) in [7, 11) is -3.93. The molecule has 0 aliphatic rings. The molecule has 7 heteroatoms. The van der Waals surface area contributed by atoms with Gasteiger partial charge in [-0.15, -0.1) is 0 Å². The lowest BCUT2D eigenvalue weighted by Gasteiger charge is -2.10. The Labute approximate surface area is 125 Å². The van der Waals surface area contributed by atoms with E-state index < -0.39 is 16.0 Å². The summed E-state index contributed by atoms with van der Waals surface area (Å²) in [4.78, 5) is 10.9. The molecule has 0 atom stereocenters. The van der Waals surface area contributed by atoms with E-state index in [1.54, 1.807) is 0 Å². The second kappa shape index (κ2) is 7.99. The van der Waals surface area contributed by atoms with Crippen LogP contribution < -0.4 is 9.88 Å². The number of aromatic carboxylic acids is 1. The topological polar surface area (TPSA) is 107 Å². The number of benzene rings is 1. The fraction of sp³-hybridized carbons (Fsp3) is 0.500. The predicted molar refractivity (Wildman–Crippen MR) is 79.0 cm³/mol. The van der Waals surface area contributed by atoms with Crippen molar-refractivity contribution in [2.45, 2.75) is 43.9 Å². The number of hydrogen-bond acceptors (Lipinski definition) is 4. The van der Waals surface area contributed by atoms with Crippen molar-refractivity contribution in [1.29, 1.82) is 0 Å². The highest BCUT2D eigenvalue weighted by atomic mass is 32.2. The summed E-state index contributed by atoms with van der Waals surface area (Å²) < 4.78 is 27.9. The van der Waals surface area contributed by atoms with Crippen molar-refractivity contribution >= 4 is 16.0 Å². The summed E-state index contributed by atoms with van der Waals surface area (Å²) in [6, 6.07) is 3.59. The lowest BCUT2D eigenvalue weighted by Crippen LogP contribution is -2.14. The van der Waals surface area contributed by atoms with Crippen LogP contribution in [0.3, 0.4) is 0 Å². The van der Waals surface area contributed by atoms with Gasteiger partial charge in [-0.25, -0.2) is 18.4 Å². The van der Waals surface area contributed by atoms with Crippen LogP contribution in [-0.4, -0.2) is 26.1 Å². The molecule has 21 heavy (non-hydrogen) atoms. The van der Waals surface area contributed by atoms with Gasteiger partial charge in [-0.2, -0.15) is 0 Å². The molecule has 0 saturated heterocycles. The van der Waals surface area contributed by atoms with Gasteiger partial charge in [0.1, 0.15) is 11.3 Å². The Kier molecular flexibility index (Phi) is 6.64. The molecule has 0 aliphatic carbocycles. The van der Waals surface area contributed by atoms with E-state index in [1.807, 2.05) is 0 Å². The Morgan fingerprint density at radius 3 is 2.48 bits per heavy atom. The summed E-state index contributed by atoms with van der Waals surface area (Å²) in [6.07, 6.45) is 5.29. The number of carboxylic acid groups (broad SMARTS) is 1. The van der Waals surface area contributed by atoms with E-state index in [2.05, 4.69) is 6.92 Å². The summed E-state index contributed by atoms with van der Waals surface area (Å²) in [6.45, 7) is 2.53. The van der Waals surface area contributed by atoms with Crippen LogP contribution in [0.5, 0.6) is 5.75 Å². The number of hydrogen-bond donors (Lipinski definition) is 2. The van der Waals surface area contributed by atoms with Gasteiger partial charge in [0.05, 0.1) is 11.5 Å². The van der Waals surface area contributed by atoms with Crippen molar-refractivity contribution in [3.05, 3.63) is 23.8 Å². The Morgan fingerprint density at radius 1 is 1.24 bits per heavy atom. The van der Waals surface area contributed by atoms with Crippen LogP contribution in [0.2, 0.25) is 0 Å². The van der Waals surface area contributed by atoms with E-state index in [9.17, 15) is 13.2 Å². The van der Waals surface area contributed by atoms with Crippen LogP contribution in [0, 0.1) is 0 Å². The molecular weight excluding hydrogens is 294 g/mol. The zero-order valence-electron chi connectivity index (χ0n) is 12.0. The SMILES string of the molecule is CCCCCCCOc1ccc(S(N)(=O)=O)cc1C(=O)O. The van der Waals surface area contributed by atoms with Gasteiger partial charge in [0, 0.05) is 0 Å². The summed E-state index contributed by atoms with van der Waals surface area (Å²) >= 11 is 0. The normalized spacial score (nSPS) is 11.3. The molecule has 0 aromatic heterocycles. The molecule has 1 aromatic rings. The number of primary sulfonamides is 1. The first-order valence-corrected chi connectivity index (χ1v) is 8.44. The summed E-state index contributed by atoms with van der Waals surface area (Å²) in [5.41, 5.74) is -0.199. The number of rotatable bonds is 9.